The van der Waals surface area contributed by atoms with E-state index >= 15 is 0 Å². The molecule has 0 radical (unpaired) electrons. The van der Waals surface area contributed by atoms with Gasteiger partial charge in [-0.05, 0) is 41.1 Å². The molecule has 0 unspecified atom stereocenters. The lowest BCUT2D eigenvalue weighted by Gasteiger charge is -2.01. The fourth-order valence-corrected chi connectivity index (χ4v) is 1.72. The first-order valence-electron chi connectivity index (χ1n) is 4.45. The van der Waals surface area contributed by atoms with Crippen LogP contribution in [0.5, 0.6) is 0 Å². The van der Waals surface area contributed by atoms with Crippen molar-refractivity contribution < 1.29 is 0 Å². The summed E-state index contributed by atoms with van der Waals surface area (Å²) >= 11 is 3.37. The molecule has 70 valence electrons. The molecule has 0 spiro atoms. The van der Waals surface area contributed by atoms with Gasteiger partial charge >= 0.3 is 0 Å². The molecule has 14 heavy (non-hydrogen) atoms. The van der Waals surface area contributed by atoms with Gasteiger partial charge in [-0.15, -0.1) is 0 Å². The summed E-state index contributed by atoms with van der Waals surface area (Å²) in [5.41, 5.74) is 3.42. The maximum absolute atomic E-state index is 4.40. The average Bonchev–Trinajstić information content (AvgIpc) is 2.18. The van der Waals surface area contributed by atoms with E-state index < -0.39 is 0 Å². The molecule has 0 aliphatic heterocycles. The molecule has 0 bridgehead atoms. The second-order valence-electron chi connectivity index (χ2n) is 3.22. The molecular weight excluding hydrogens is 238 g/mol. The van der Waals surface area contributed by atoms with E-state index in [-0.39, 0.29) is 0 Å². The van der Waals surface area contributed by atoms with Crippen molar-refractivity contribution in [3.05, 3.63) is 52.6 Å². The van der Waals surface area contributed by atoms with Crippen LogP contribution < -0.4 is 0 Å². The highest BCUT2D eigenvalue weighted by Crippen LogP contribution is 2.19. The molecule has 1 nitrogen and oxygen atoms in total. The van der Waals surface area contributed by atoms with Gasteiger partial charge in [0.05, 0.1) is 5.69 Å². The first kappa shape index (κ1) is 9.41. The highest BCUT2D eigenvalue weighted by molar-refractivity contribution is 9.10. The van der Waals surface area contributed by atoms with Crippen LogP contribution in [-0.2, 0) is 0 Å². The van der Waals surface area contributed by atoms with Crippen LogP contribution in [0.15, 0.2) is 47.1 Å². The Kier molecular flexibility index (Phi) is 2.64. The number of aromatic nitrogens is 1. The molecule has 2 rings (SSSR count). The predicted molar refractivity (Wildman–Crippen MR) is 62.1 cm³/mol. The zero-order chi connectivity index (χ0) is 9.97. The summed E-state index contributed by atoms with van der Waals surface area (Å²) in [6, 6.07) is 14.3. The van der Waals surface area contributed by atoms with Crippen LogP contribution >= 0.6 is 15.9 Å². The van der Waals surface area contributed by atoms with E-state index in [1.807, 2.05) is 24.3 Å². The van der Waals surface area contributed by atoms with Crippen molar-refractivity contribution in [3.8, 4) is 11.3 Å². The normalized spacial score (nSPS) is 10.1. The minimum Gasteiger partial charge on any atom is -0.241 e. The van der Waals surface area contributed by atoms with E-state index in [9.17, 15) is 0 Å². The molecule has 1 heterocycles. The molecule has 0 atom stereocenters. The van der Waals surface area contributed by atoms with Gasteiger partial charge in [-0.3, -0.25) is 0 Å². The molecule has 0 N–H and O–H groups in total. The lowest BCUT2D eigenvalue weighted by Crippen LogP contribution is -1.84. The van der Waals surface area contributed by atoms with E-state index in [4.69, 9.17) is 0 Å². The Balaban J connectivity index is 2.49. The van der Waals surface area contributed by atoms with Crippen LogP contribution in [0.2, 0.25) is 0 Å². The quantitative estimate of drug-likeness (QED) is 0.699. The molecule has 0 saturated carbocycles. The van der Waals surface area contributed by atoms with Crippen molar-refractivity contribution in [2.24, 2.45) is 0 Å². The molecule has 0 amide bonds. The van der Waals surface area contributed by atoms with Crippen molar-refractivity contribution in [1.82, 2.24) is 4.98 Å². The zero-order valence-electron chi connectivity index (χ0n) is 7.87. The largest absolute Gasteiger partial charge is 0.241 e. The predicted octanol–water partition coefficient (Wildman–Crippen LogP) is 3.82. The summed E-state index contributed by atoms with van der Waals surface area (Å²) in [7, 11) is 0. The molecule has 0 aliphatic rings. The van der Waals surface area contributed by atoms with E-state index in [1.165, 1.54) is 5.56 Å². The number of rotatable bonds is 1. The summed E-state index contributed by atoms with van der Waals surface area (Å²) in [5, 5.41) is 0. The summed E-state index contributed by atoms with van der Waals surface area (Å²) in [4.78, 5) is 4.40. The Labute approximate surface area is 91.9 Å². The number of hydrogen-bond acceptors (Lipinski definition) is 1. The Morgan fingerprint density at radius 1 is 1.07 bits per heavy atom. The van der Waals surface area contributed by atoms with Crippen molar-refractivity contribution in [3.63, 3.8) is 0 Å². The second-order valence-corrected chi connectivity index (χ2v) is 4.03. The van der Waals surface area contributed by atoms with Gasteiger partial charge in [0.2, 0.25) is 0 Å². The van der Waals surface area contributed by atoms with Crippen LogP contribution in [0.3, 0.4) is 0 Å². The van der Waals surface area contributed by atoms with Crippen LogP contribution in [0.25, 0.3) is 11.3 Å². The number of hydrogen-bond donors (Lipinski definition) is 0. The summed E-state index contributed by atoms with van der Waals surface area (Å²) < 4.78 is 0.872. The smallest absolute Gasteiger partial charge is 0.106 e. The Morgan fingerprint density at radius 2 is 1.86 bits per heavy atom. The third-order valence-electron chi connectivity index (χ3n) is 2.03. The lowest BCUT2D eigenvalue weighted by atomic mass is 10.1. The molecule has 0 fully saturated rings. The van der Waals surface area contributed by atoms with Gasteiger partial charge < -0.3 is 0 Å². The van der Waals surface area contributed by atoms with Crippen molar-refractivity contribution in [2.75, 3.05) is 0 Å². The van der Waals surface area contributed by atoms with Crippen LogP contribution in [0, 0.1) is 6.92 Å². The van der Waals surface area contributed by atoms with Crippen molar-refractivity contribution in [1.29, 1.82) is 0 Å². The van der Waals surface area contributed by atoms with Crippen LogP contribution in [0.1, 0.15) is 5.56 Å². The standard InChI is InChI=1S/C12H10BrN/c1-9-4-2-5-10(8-9)11-6-3-7-12(13)14-11/h2-8H,1H3. The molecule has 2 aromatic rings. The van der Waals surface area contributed by atoms with Gasteiger partial charge in [0.25, 0.3) is 0 Å². The summed E-state index contributed by atoms with van der Waals surface area (Å²) in [6.07, 6.45) is 0. The molecule has 2 heteroatoms. The van der Waals surface area contributed by atoms with Crippen LogP contribution in [-0.4, -0.2) is 4.98 Å². The van der Waals surface area contributed by atoms with E-state index in [1.54, 1.807) is 0 Å². The third-order valence-corrected chi connectivity index (χ3v) is 2.47. The third kappa shape index (κ3) is 2.02. The molecular formula is C12H10BrN. The number of aryl methyl sites for hydroxylation is 1. The Hall–Kier alpha value is -1.15. The average molecular weight is 248 g/mol. The second kappa shape index (κ2) is 3.93. The summed E-state index contributed by atoms with van der Waals surface area (Å²) in [5.74, 6) is 0. The number of nitrogens with zero attached hydrogens (tertiary/aromatic N) is 1. The van der Waals surface area contributed by atoms with Crippen molar-refractivity contribution >= 4 is 15.9 Å². The minimum atomic E-state index is 0.872. The first-order chi connectivity index (χ1) is 6.75. The first-order valence-corrected chi connectivity index (χ1v) is 5.24. The fourth-order valence-electron chi connectivity index (χ4n) is 1.37. The maximum Gasteiger partial charge on any atom is 0.106 e. The van der Waals surface area contributed by atoms with E-state index in [0.29, 0.717) is 0 Å². The SMILES string of the molecule is Cc1cccc(-c2cccc(Br)n2)c1. The monoisotopic (exact) mass is 247 g/mol. The zero-order valence-corrected chi connectivity index (χ0v) is 9.45. The highest BCUT2D eigenvalue weighted by Gasteiger charge is 1.98. The summed E-state index contributed by atoms with van der Waals surface area (Å²) in [6.45, 7) is 2.08. The highest BCUT2D eigenvalue weighted by atomic mass is 79.9. The molecule has 1 aromatic heterocycles. The van der Waals surface area contributed by atoms with Gasteiger partial charge in [0.15, 0.2) is 0 Å². The van der Waals surface area contributed by atoms with Crippen LogP contribution in [0.4, 0.5) is 0 Å². The molecule has 0 saturated heterocycles. The minimum absolute atomic E-state index is 0.872. The van der Waals surface area contributed by atoms with Gasteiger partial charge in [-0.2, -0.15) is 0 Å². The van der Waals surface area contributed by atoms with Gasteiger partial charge in [0.1, 0.15) is 4.60 Å². The molecule has 0 aliphatic carbocycles. The maximum atomic E-state index is 4.40. The van der Waals surface area contributed by atoms with E-state index in [0.717, 1.165) is 15.9 Å². The number of halogens is 1. The van der Waals surface area contributed by atoms with Gasteiger partial charge in [-0.1, -0.05) is 29.8 Å². The van der Waals surface area contributed by atoms with Gasteiger partial charge in [0, 0.05) is 5.56 Å². The number of pyridine rings is 1. The molecule has 1 aromatic carbocycles. The fraction of sp³-hybridized carbons (Fsp3) is 0.0833. The Bertz CT molecular complexity index is 408. The lowest BCUT2D eigenvalue weighted by molar-refractivity contribution is 1.27. The number of benzene rings is 1. The van der Waals surface area contributed by atoms with Crippen molar-refractivity contribution in [2.45, 2.75) is 6.92 Å². The topological polar surface area (TPSA) is 12.9 Å². The van der Waals surface area contributed by atoms with E-state index in [2.05, 4.69) is 46.0 Å². The van der Waals surface area contributed by atoms with Gasteiger partial charge in [-0.25, -0.2) is 4.98 Å². The Morgan fingerprint density at radius 3 is 2.57 bits per heavy atom.